The van der Waals surface area contributed by atoms with Gasteiger partial charge in [0.25, 0.3) is 0 Å². The van der Waals surface area contributed by atoms with Gasteiger partial charge in [-0.15, -0.1) is 0 Å². The number of benzene rings is 1. The van der Waals surface area contributed by atoms with Crippen molar-refractivity contribution in [3.05, 3.63) is 23.2 Å². The van der Waals surface area contributed by atoms with E-state index in [1.165, 1.54) is 0 Å². The van der Waals surface area contributed by atoms with E-state index in [4.69, 9.17) is 26.8 Å². The van der Waals surface area contributed by atoms with Gasteiger partial charge >= 0.3 is 0 Å². The molecule has 2 atom stereocenters. The fraction of sp³-hybridized carbons (Fsp3) is 0.600. The number of rotatable bonds is 2. The van der Waals surface area contributed by atoms with Gasteiger partial charge in [-0.1, -0.05) is 11.6 Å². The zero-order chi connectivity index (χ0) is 14.2. The van der Waals surface area contributed by atoms with E-state index >= 15 is 0 Å². The summed E-state index contributed by atoms with van der Waals surface area (Å²) in [6, 6.07) is 6.03. The molecular weight excluding hydrogens is 276 g/mol. The Morgan fingerprint density at radius 3 is 3.00 bits per heavy atom. The van der Waals surface area contributed by atoms with E-state index in [0.717, 1.165) is 43.9 Å². The van der Waals surface area contributed by atoms with Crippen molar-refractivity contribution in [1.29, 1.82) is 0 Å². The van der Waals surface area contributed by atoms with Gasteiger partial charge in [0.1, 0.15) is 0 Å². The molecule has 2 heterocycles. The second-order valence-corrected chi connectivity index (χ2v) is 6.23. The quantitative estimate of drug-likeness (QED) is 0.853. The molecule has 5 heteroatoms. The summed E-state index contributed by atoms with van der Waals surface area (Å²) >= 11 is 6.09. The molecule has 1 aromatic rings. The average Bonchev–Trinajstić information content (AvgIpc) is 2.88. The summed E-state index contributed by atoms with van der Waals surface area (Å²) in [6.45, 7) is 2.29. The molecule has 0 saturated carbocycles. The predicted octanol–water partition coefficient (Wildman–Crippen LogP) is 2.70. The minimum Gasteiger partial charge on any atom is -0.397 e. The highest BCUT2D eigenvalue weighted by Crippen LogP contribution is 2.37. The predicted molar refractivity (Wildman–Crippen MR) is 81.4 cm³/mol. The van der Waals surface area contributed by atoms with Gasteiger partial charge in [0, 0.05) is 37.7 Å². The van der Waals surface area contributed by atoms with Crippen LogP contribution in [-0.2, 0) is 9.47 Å². The number of hydrogen-bond acceptors (Lipinski definition) is 4. The Hall–Kier alpha value is -0.970. The zero-order valence-corrected chi connectivity index (χ0v) is 12.5. The van der Waals surface area contributed by atoms with Crippen molar-refractivity contribution in [2.24, 2.45) is 0 Å². The number of nitrogen functional groups attached to an aromatic ring is 1. The number of nitrogens with zero attached hydrogens (tertiary/aromatic N) is 1. The van der Waals surface area contributed by atoms with Crippen molar-refractivity contribution < 1.29 is 9.47 Å². The third kappa shape index (κ3) is 2.60. The zero-order valence-electron chi connectivity index (χ0n) is 11.8. The maximum absolute atomic E-state index is 6.09. The van der Waals surface area contributed by atoms with Gasteiger partial charge in [-0.25, -0.2) is 0 Å². The second kappa shape index (κ2) is 5.43. The second-order valence-electron chi connectivity index (χ2n) is 5.79. The van der Waals surface area contributed by atoms with Gasteiger partial charge in [0.2, 0.25) is 0 Å². The van der Waals surface area contributed by atoms with Crippen LogP contribution in [0.2, 0.25) is 5.02 Å². The van der Waals surface area contributed by atoms with Gasteiger partial charge < -0.3 is 20.1 Å². The lowest BCUT2D eigenvalue weighted by Crippen LogP contribution is -2.48. The van der Waals surface area contributed by atoms with Crippen molar-refractivity contribution in [2.75, 3.05) is 37.5 Å². The number of hydrogen-bond donors (Lipinski definition) is 1. The molecule has 2 saturated heterocycles. The van der Waals surface area contributed by atoms with Crippen LogP contribution in [0.5, 0.6) is 0 Å². The maximum Gasteiger partial charge on any atom is 0.0956 e. The van der Waals surface area contributed by atoms with Crippen molar-refractivity contribution in [3.63, 3.8) is 0 Å². The van der Waals surface area contributed by atoms with E-state index in [1.54, 1.807) is 0 Å². The minimum atomic E-state index is -0.0927. The van der Waals surface area contributed by atoms with Gasteiger partial charge in [-0.05, 0) is 31.0 Å². The molecule has 0 aromatic heterocycles. The fourth-order valence-corrected chi connectivity index (χ4v) is 3.38. The Morgan fingerprint density at radius 1 is 1.40 bits per heavy atom. The van der Waals surface area contributed by atoms with Crippen LogP contribution in [0.1, 0.15) is 19.3 Å². The molecule has 1 aromatic carbocycles. The molecule has 0 bridgehead atoms. The smallest absolute Gasteiger partial charge is 0.0956 e. The standard InChI is InChI=1S/C15H21ClN2O2/c1-18(14-8-11(16)2-3-13(14)17)12-4-6-20-15(9-12)5-7-19-10-15/h2-3,8,12H,4-7,9-10,17H2,1H3. The first-order chi connectivity index (χ1) is 9.60. The lowest BCUT2D eigenvalue weighted by Gasteiger charge is -2.42. The van der Waals surface area contributed by atoms with Crippen molar-refractivity contribution >= 4 is 23.0 Å². The van der Waals surface area contributed by atoms with E-state index in [0.29, 0.717) is 17.7 Å². The fourth-order valence-electron chi connectivity index (χ4n) is 3.21. The Labute approximate surface area is 124 Å². The maximum atomic E-state index is 6.09. The molecule has 110 valence electrons. The number of nitrogens with two attached hydrogens (primary N) is 1. The van der Waals surface area contributed by atoms with E-state index in [-0.39, 0.29) is 5.60 Å². The van der Waals surface area contributed by atoms with Crippen LogP contribution in [0.15, 0.2) is 18.2 Å². The van der Waals surface area contributed by atoms with E-state index in [2.05, 4.69) is 11.9 Å². The topological polar surface area (TPSA) is 47.7 Å². The first-order valence-corrected chi connectivity index (χ1v) is 7.47. The van der Waals surface area contributed by atoms with Gasteiger partial charge in [-0.3, -0.25) is 0 Å². The largest absolute Gasteiger partial charge is 0.397 e. The Bertz CT molecular complexity index is 489. The van der Waals surface area contributed by atoms with E-state index < -0.39 is 0 Å². The molecule has 20 heavy (non-hydrogen) atoms. The molecular formula is C15H21ClN2O2. The highest BCUT2D eigenvalue weighted by Gasteiger charge is 2.42. The van der Waals surface area contributed by atoms with Gasteiger partial charge in [-0.2, -0.15) is 0 Å². The summed E-state index contributed by atoms with van der Waals surface area (Å²) in [7, 11) is 2.08. The van der Waals surface area contributed by atoms with Crippen LogP contribution in [-0.4, -0.2) is 38.5 Å². The van der Waals surface area contributed by atoms with Gasteiger partial charge in [0.15, 0.2) is 0 Å². The third-order valence-electron chi connectivity index (χ3n) is 4.45. The molecule has 3 rings (SSSR count). The molecule has 2 fully saturated rings. The number of halogens is 1. The van der Waals surface area contributed by atoms with Crippen LogP contribution in [0, 0.1) is 0 Å². The molecule has 0 aliphatic carbocycles. The molecule has 4 nitrogen and oxygen atoms in total. The first-order valence-electron chi connectivity index (χ1n) is 7.09. The SMILES string of the molecule is CN(c1cc(Cl)ccc1N)C1CCOC2(CCOC2)C1. The van der Waals surface area contributed by atoms with Crippen LogP contribution >= 0.6 is 11.6 Å². The van der Waals surface area contributed by atoms with Crippen LogP contribution in [0.25, 0.3) is 0 Å². The van der Waals surface area contributed by atoms with Crippen molar-refractivity contribution in [1.82, 2.24) is 0 Å². The third-order valence-corrected chi connectivity index (χ3v) is 4.69. The summed E-state index contributed by atoms with van der Waals surface area (Å²) in [6.07, 6.45) is 2.97. The summed E-state index contributed by atoms with van der Waals surface area (Å²) in [5.41, 5.74) is 7.76. The van der Waals surface area contributed by atoms with Crippen LogP contribution in [0.3, 0.4) is 0 Å². The molecule has 1 spiro atoms. The Balaban J connectivity index is 1.79. The minimum absolute atomic E-state index is 0.0927. The normalized spacial score (nSPS) is 29.8. The van der Waals surface area contributed by atoms with Crippen LogP contribution in [0.4, 0.5) is 11.4 Å². The van der Waals surface area contributed by atoms with Gasteiger partial charge in [0.05, 0.1) is 23.6 Å². The monoisotopic (exact) mass is 296 g/mol. The molecule has 2 unspecified atom stereocenters. The number of anilines is 2. The molecule has 0 radical (unpaired) electrons. The van der Waals surface area contributed by atoms with Crippen LogP contribution < -0.4 is 10.6 Å². The lowest BCUT2D eigenvalue weighted by molar-refractivity contribution is -0.0855. The average molecular weight is 297 g/mol. The highest BCUT2D eigenvalue weighted by molar-refractivity contribution is 6.31. The Kier molecular flexibility index (Phi) is 3.80. The molecule has 2 aliphatic rings. The summed E-state index contributed by atoms with van der Waals surface area (Å²) in [5, 5.41) is 0.715. The van der Waals surface area contributed by atoms with E-state index in [1.807, 2.05) is 18.2 Å². The Morgan fingerprint density at radius 2 is 2.25 bits per heavy atom. The molecule has 2 N–H and O–H groups in total. The highest BCUT2D eigenvalue weighted by atomic mass is 35.5. The van der Waals surface area contributed by atoms with E-state index in [9.17, 15) is 0 Å². The van der Waals surface area contributed by atoms with Crippen molar-refractivity contribution in [2.45, 2.75) is 30.9 Å². The summed E-state index contributed by atoms with van der Waals surface area (Å²) in [5.74, 6) is 0. The lowest BCUT2D eigenvalue weighted by atomic mass is 9.89. The van der Waals surface area contributed by atoms with Crippen molar-refractivity contribution in [3.8, 4) is 0 Å². The first kappa shape index (κ1) is 14.0. The summed E-state index contributed by atoms with van der Waals surface area (Å²) < 4.78 is 11.5. The number of ether oxygens (including phenoxy) is 2. The summed E-state index contributed by atoms with van der Waals surface area (Å²) in [4.78, 5) is 2.24. The molecule has 0 amide bonds. The molecule has 2 aliphatic heterocycles.